The summed E-state index contributed by atoms with van der Waals surface area (Å²) in [5, 5.41) is 2.97. The molecule has 0 radical (unpaired) electrons. The number of nitrogens with one attached hydrogen (secondary N) is 1. The first kappa shape index (κ1) is 30.5. The average molecular weight is 615 g/mol. The zero-order valence-corrected chi connectivity index (χ0v) is 24.8. The SMILES string of the molecule is CCCNC(=O)[C@@H](Cc1ccccc1)N(Cc1cccc(Br)c1)C(=O)CCCN(C)S(=O)(=O)c1ccccc1. The Kier molecular flexibility index (Phi) is 11.7. The molecule has 0 aliphatic rings. The number of hydrogen-bond donors (Lipinski definition) is 1. The molecular weight excluding hydrogens is 578 g/mol. The molecule has 0 bridgehead atoms. The van der Waals surface area contributed by atoms with Crippen molar-refractivity contribution in [2.75, 3.05) is 20.1 Å². The Labute approximate surface area is 240 Å². The van der Waals surface area contributed by atoms with Crippen LogP contribution in [-0.4, -0.2) is 55.6 Å². The van der Waals surface area contributed by atoms with E-state index in [4.69, 9.17) is 0 Å². The van der Waals surface area contributed by atoms with E-state index in [1.807, 2.05) is 61.5 Å². The number of benzene rings is 3. The van der Waals surface area contributed by atoms with Crippen molar-refractivity contribution in [2.24, 2.45) is 0 Å². The lowest BCUT2D eigenvalue weighted by Crippen LogP contribution is -2.50. The van der Waals surface area contributed by atoms with Gasteiger partial charge < -0.3 is 10.2 Å². The molecule has 208 valence electrons. The molecule has 7 nitrogen and oxygen atoms in total. The van der Waals surface area contributed by atoms with E-state index in [1.165, 1.54) is 11.4 Å². The van der Waals surface area contributed by atoms with E-state index in [1.54, 1.807) is 35.2 Å². The van der Waals surface area contributed by atoms with Crippen LogP contribution in [0.2, 0.25) is 0 Å². The predicted molar refractivity (Wildman–Crippen MR) is 157 cm³/mol. The standard InChI is InChI=1S/C30H36BrN3O4S/c1-3-19-32-30(36)28(22-24-12-6-4-7-13-24)34(23-25-14-10-15-26(31)21-25)29(35)18-11-20-33(2)39(37,38)27-16-8-5-9-17-27/h4-10,12-17,21,28H,3,11,18-20,22-23H2,1-2H3,(H,32,36)/t28-/m1/s1. The third-order valence-electron chi connectivity index (χ3n) is 6.38. The third kappa shape index (κ3) is 9.02. The van der Waals surface area contributed by atoms with Gasteiger partial charge in [-0.25, -0.2) is 12.7 Å². The maximum Gasteiger partial charge on any atom is 0.243 e. The van der Waals surface area contributed by atoms with E-state index in [-0.39, 0.29) is 36.2 Å². The minimum Gasteiger partial charge on any atom is -0.354 e. The Morgan fingerprint density at radius 2 is 1.56 bits per heavy atom. The maximum absolute atomic E-state index is 13.7. The molecule has 1 N–H and O–H groups in total. The number of nitrogens with zero attached hydrogens (tertiary/aromatic N) is 2. The van der Waals surface area contributed by atoms with E-state index in [0.717, 1.165) is 22.0 Å². The van der Waals surface area contributed by atoms with Gasteiger partial charge in [0.1, 0.15) is 6.04 Å². The van der Waals surface area contributed by atoms with Crippen LogP contribution in [-0.2, 0) is 32.6 Å². The fourth-order valence-electron chi connectivity index (χ4n) is 4.24. The number of halogens is 1. The number of hydrogen-bond acceptors (Lipinski definition) is 4. The number of amides is 2. The van der Waals surface area contributed by atoms with Gasteiger partial charge in [-0.05, 0) is 48.2 Å². The molecule has 3 aromatic carbocycles. The molecule has 3 aromatic rings. The van der Waals surface area contributed by atoms with Gasteiger partial charge in [0.25, 0.3) is 0 Å². The van der Waals surface area contributed by atoms with Crippen molar-refractivity contribution in [3.63, 3.8) is 0 Å². The molecule has 0 fully saturated rings. The van der Waals surface area contributed by atoms with Crippen LogP contribution in [0.5, 0.6) is 0 Å². The summed E-state index contributed by atoms with van der Waals surface area (Å²) in [4.78, 5) is 28.9. The van der Waals surface area contributed by atoms with Gasteiger partial charge in [0.2, 0.25) is 21.8 Å². The minimum absolute atomic E-state index is 0.106. The molecule has 2 amide bonds. The van der Waals surface area contributed by atoms with Gasteiger partial charge >= 0.3 is 0 Å². The molecule has 3 rings (SSSR count). The number of sulfonamides is 1. The zero-order chi connectivity index (χ0) is 28.3. The predicted octanol–water partition coefficient (Wildman–Crippen LogP) is 5.02. The van der Waals surface area contributed by atoms with Crippen molar-refractivity contribution < 1.29 is 18.0 Å². The molecule has 0 saturated heterocycles. The fraction of sp³-hybridized carbons (Fsp3) is 0.333. The molecule has 0 aromatic heterocycles. The lowest BCUT2D eigenvalue weighted by molar-refractivity contribution is -0.141. The second kappa shape index (κ2) is 15.0. The van der Waals surface area contributed by atoms with Crippen LogP contribution in [0, 0.1) is 0 Å². The van der Waals surface area contributed by atoms with E-state index >= 15 is 0 Å². The zero-order valence-electron chi connectivity index (χ0n) is 22.4. The summed E-state index contributed by atoms with van der Waals surface area (Å²) in [6, 6.07) is 24.8. The summed E-state index contributed by atoms with van der Waals surface area (Å²) in [6.07, 6.45) is 1.59. The summed E-state index contributed by atoms with van der Waals surface area (Å²) in [5.74, 6) is -0.402. The maximum atomic E-state index is 13.7. The van der Waals surface area contributed by atoms with Crippen molar-refractivity contribution in [1.82, 2.24) is 14.5 Å². The normalized spacial score (nSPS) is 12.2. The molecule has 0 unspecified atom stereocenters. The molecule has 9 heteroatoms. The highest BCUT2D eigenvalue weighted by molar-refractivity contribution is 9.10. The van der Waals surface area contributed by atoms with E-state index in [9.17, 15) is 18.0 Å². The second-order valence-electron chi connectivity index (χ2n) is 9.39. The molecule has 0 aliphatic carbocycles. The number of carbonyl (C=O) groups excluding carboxylic acids is 2. The highest BCUT2D eigenvalue weighted by atomic mass is 79.9. The van der Waals surface area contributed by atoms with Crippen LogP contribution in [0.3, 0.4) is 0 Å². The molecule has 0 spiro atoms. The fourth-order valence-corrected chi connectivity index (χ4v) is 5.92. The van der Waals surface area contributed by atoms with Gasteiger partial charge in [-0.1, -0.05) is 83.5 Å². The Morgan fingerprint density at radius 3 is 2.21 bits per heavy atom. The Balaban J connectivity index is 1.81. The lowest BCUT2D eigenvalue weighted by Gasteiger charge is -2.32. The smallest absolute Gasteiger partial charge is 0.243 e. The summed E-state index contributed by atoms with van der Waals surface area (Å²) in [7, 11) is -2.14. The molecular formula is C30H36BrN3O4S. The lowest BCUT2D eigenvalue weighted by atomic mass is 10.0. The van der Waals surface area contributed by atoms with Crippen molar-refractivity contribution in [2.45, 2.75) is 50.1 Å². The Bertz CT molecular complexity index is 1320. The van der Waals surface area contributed by atoms with Crippen LogP contribution in [0.1, 0.15) is 37.3 Å². The first-order valence-electron chi connectivity index (χ1n) is 13.1. The van der Waals surface area contributed by atoms with Crippen molar-refractivity contribution >= 4 is 37.8 Å². The van der Waals surface area contributed by atoms with Gasteiger partial charge in [0, 0.05) is 44.0 Å². The summed E-state index contributed by atoms with van der Waals surface area (Å²) >= 11 is 3.49. The molecule has 0 saturated carbocycles. The quantitative estimate of drug-likeness (QED) is 0.277. The molecule has 1 atom stereocenters. The average Bonchev–Trinajstić information content (AvgIpc) is 2.94. The van der Waals surface area contributed by atoms with Crippen LogP contribution in [0.4, 0.5) is 0 Å². The van der Waals surface area contributed by atoms with Crippen LogP contribution >= 0.6 is 15.9 Å². The van der Waals surface area contributed by atoms with Crippen LogP contribution < -0.4 is 5.32 Å². The minimum atomic E-state index is -3.65. The van der Waals surface area contributed by atoms with E-state index in [0.29, 0.717) is 19.4 Å². The monoisotopic (exact) mass is 613 g/mol. The summed E-state index contributed by atoms with van der Waals surface area (Å²) in [5.41, 5.74) is 1.85. The topological polar surface area (TPSA) is 86.8 Å². The van der Waals surface area contributed by atoms with Crippen molar-refractivity contribution in [1.29, 1.82) is 0 Å². The first-order valence-corrected chi connectivity index (χ1v) is 15.3. The first-order chi connectivity index (χ1) is 18.7. The van der Waals surface area contributed by atoms with Gasteiger partial charge in [0.15, 0.2) is 0 Å². The van der Waals surface area contributed by atoms with E-state index < -0.39 is 16.1 Å². The van der Waals surface area contributed by atoms with Crippen LogP contribution in [0.15, 0.2) is 94.3 Å². The molecule has 0 heterocycles. The second-order valence-corrected chi connectivity index (χ2v) is 12.4. The Morgan fingerprint density at radius 1 is 0.923 bits per heavy atom. The Hall–Kier alpha value is -3.01. The number of rotatable bonds is 14. The molecule has 39 heavy (non-hydrogen) atoms. The van der Waals surface area contributed by atoms with Crippen molar-refractivity contribution in [3.05, 3.63) is 101 Å². The molecule has 0 aliphatic heterocycles. The van der Waals surface area contributed by atoms with Gasteiger partial charge in [0.05, 0.1) is 4.90 Å². The van der Waals surface area contributed by atoms with Crippen molar-refractivity contribution in [3.8, 4) is 0 Å². The largest absolute Gasteiger partial charge is 0.354 e. The third-order valence-corrected chi connectivity index (χ3v) is 8.74. The summed E-state index contributed by atoms with van der Waals surface area (Å²) in [6.45, 7) is 2.94. The highest BCUT2D eigenvalue weighted by Crippen LogP contribution is 2.20. The number of carbonyl (C=O) groups is 2. The van der Waals surface area contributed by atoms with Gasteiger partial charge in [-0.3, -0.25) is 9.59 Å². The van der Waals surface area contributed by atoms with Gasteiger partial charge in [-0.15, -0.1) is 0 Å². The van der Waals surface area contributed by atoms with E-state index in [2.05, 4.69) is 21.2 Å². The van der Waals surface area contributed by atoms with Crippen LogP contribution in [0.25, 0.3) is 0 Å². The highest BCUT2D eigenvalue weighted by Gasteiger charge is 2.30. The summed E-state index contributed by atoms with van der Waals surface area (Å²) < 4.78 is 27.9. The van der Waals surface area contributed by atoms with Gasteiger partial charge in [-0.2, -0.15) is 0 Å².